The highest BCUT2D eigenvalue weighted by Crippen LogP contribution is 2.16. The number of carbonyl (C=O) groups is 1. The first-order chi connectivity index (χ1) is 12.1. The van der Waals surface area contributed by atoms with E-state index >= 15 is 0 Å². The number of aromatic nitrogens is 2. The lowest BCUT2D eigenvalue weighted by atomic mass is 10.1. The van der Waals surface area contributed by atoms with Crippen LogP contribution in [-0.4, -0.2) is 15.5 Å². The quantitative estimate of drug-likeness (QED) is 0.747. The van der Waals surface area contributed by atoms with Crippen LogP contribution in [-0.2, 0) is 17.8 Å². The molecule has 0 fully saturated rings. The molecule has 3 aromatic rings. The second-order valence-corrected chi connectivity index (χ2v) is 5.84. The SMILES string of the molecule is Cc1nccn1-c1ccccc1CNC(=O)CCc1ccccc1F. The molecule has 25 heavy (non-hydrogen) atoms. The Morgan fingerprint density at radius 2 is 1.84 bits per heavy atom. The summed E-state index contributed by atoms with van der Waals surface area (Å²) in [6, 6.07) is 14.4. The minimum absolute atomic E-state index is 0.0968. The van der Waals surface area contributed by atoms with E-state index in [1.165, 1.54) is 6.07 Å². The van der Waals surface area contributed by atoms with Gasteiger partial charge in [0, 0.05) is 25.4 Å². The van der Waals surface area contributed by atoms with E-state index in [9.17, 15) is 9.18 Å². The smallest absolute Gasteiger partial charge is 0.220 e. The Hall–Kier alpha value is -2.95. The number of hydrogen-bond donors (Lipinski definition) is 1. The lowest BCUT2D eigenvalue weighted by Crippen LogP contribution is -2.24. The molecule has 128 valence electrons. The van der Waals surface area contributed by atoms with Crippen LogP contribution in [0.25, 0.3) is 5.69 Å². The summed E-state index contributed by atoms with van der Waals surface area (Å²) < 4.78 is 15.6. The van der Waals surface area contributed by atoms with Crippen molar-refractivity contribution >= 4 is 5.91 Å². The first-order valence-electron chi connectivity index (χ1n) is 8.23. The monoisotopic (exact) mass is 337 g/mol. The molecule has 0 unspecified atom stereocenters. The molecule has 0 aliphatic heterocycles. The molecule has 0 saturated carbocycles. The first kappa shape index (κ1) is 16.9. The molecule has 1 aromatic heterocycles. The predicted octanol–water partition coefficient (Wildman–Crippen LogP) is 3.57. The first-order valence-corrected chi connectivity index (χ1v) is 8.23. The lowest BCUT2D eigenvalue weighted by Gasteiger charge is -2.12. The Morgan fingerprint density at radius 3 is 2.56 bits per heavy atom. The van der Waals surface area contributed by atoms with Gasteiger partial charge in [0.15, 0.2) is 0 Å². The van der Waals surface area contributed by atoms with Crippen molar-refractivity contribution in [1.29, 1.82) is 0 Å². The van der Waals surface area contributed by atoms with Gasteiger partial charge in [0.1, 0.15) is 11.6 Å². The summed E-state index contributed by atoms with van der Waals surface area (Å²) in [5.41, 5.74) is 2.56. The maximum Gasteiger partial charge on any atom is 0.220 e. The molecule has 0 atom stereocenters. The van der Waals surface area contributed by atoms with Gasteiger partial charge in [0.05, 0.1) is 5.69 Å². The summed E-state index contributed by atoms with van der Waals surface area (Å²) in [5, 5.41) is 2.92. The summed E-state index contributed by atoms with van der Waals surface area (Å²) in [5.74, 6) is 0.523. The van der Waals surface area contributed by atoms with Gasteiger partial charge < -0.3 is 9.88 Å². The van der Waals surface area contributed by atoms with Gasteiger partial charge in [-0.25, -0.2) is 9.37 Å². The Kier molecular flexibility index (Phi) is 5.23. The third kappa shape index (κ3) is 4.12. The number of nitrogens with one attached hydrogen (secondary N) is 1. The Balaban J connectivity index is 1.61. The van der Waals surface area contributed by atoms with Crippen molar-refractivity contribution in [2.75, 3.05) is 0 Å². The van der Waals surface area contributed by atoms with Gasteiger partial charge in [0.25, 0.3) is 0 Å². The number of benzene rings is 2. The fraction of sp³-hybridized carbons (Fsp3) is 0.200. The standard InChI is InChI=1S/C20H20FN3O/c1-15-22-12-13-24(15)19-9-5-3-7-17(19)14-23-20(25)11-10-16-6-2-4-8-18(16)21/h2-9,12-13H,10-11,14H2,1H3,(H,23,25). The number of carbonyl (C=O) groups excluding carboxylic acids is 1. The topological polar surface area (TPSA) is 46.9 Å². The molecule has 3 rings (SSSR count). The highest BCUT2D eigenvalue weighted by molar-refractivity contribution is 5.76. The second-order valence-electron chi connectivity index (χ2n) is 5.84. The number of para-hydroxylation sites is 1. The average Bonchev–Trinajstić information content (AvgIpc) is 3.05. The van der Waals surface area contributed by atoms with Crippen LogP contribution in [0.4, 0.5) is 4.39 Å². The highest BCUT2D eigenvalue weighted by atomic mass is 19.1. The summed E-state index contributed by atoms with van der Waals surface area (Å²) in [4.78, 5) is 16.4. The zero-order chi connectivity index (χ0) is 17.6. The molecule has 0 radical (unpaired) electrons. The van der Waals surface area contributed by atoms with Crippen molar-refractivity contribution in [3.8, 4) is 5.69 Å². The summed E-state index contributed by atoms with van der Waals surface area (Å²) in [7, 11) is 0. The van der Waals surface area contributed by atoms with Gasteiger partial charge in [-0.2, -0.15) is 0 Å². The van der Waals surface area contributed by atoms with Crippen molar-refractivity contribution in [1.82, 2.24) is 14.9 Å². The zero-order valence-corrected chi connectivity index (χ0v) is 14.1. The molecule has 0 bridgehead atoms. The zero-order valence-electron chi connectivity index (χ0n) is 14.1. The van der Waals surface area contributed by atoms with Crippen LogP contribution in [0, 0.1) is 12.7 Å². The fourth-order valence-electron chi connectivity index (χ4n) is 2.76. The van der Waals surface area contributed by atoms with E-state index < -0.39 is 0 Å². The van der Waals surface area contributed by atoms with Crippen molar-refractivity contribution in [2.24, 2.45) is 0 Å². The van der Waals surface area contributed by atoms with Gasteiger partial charge in [0.2, 0.25) is 5.91 Å². The molecule has 2 aromatic carbocycles. The van der Waals surface area contributed by atoms with Gasteiger partial charge in [-0.3, -0.25) is 4.79 Å². The van der Waals surface area contributed by atoms with Crippen molar-refractivity contribution in [2.45, 2.75) is 26.3 Å². The Morgan fingerprint density at radius 1 is 1.12 bits per heavy atom. The average molecular weight is 337 g/mol. The van der Waals surface area contributed by atoms with Crippen LogP contribution in [0.2, 0.25) is 0 Å². The molecule has 5 heteroatoms. The molecule has 4 nitrogen and oxygen atoms in total. The van der Waals surface area contributed by atoms with E-state index in [0.717, 1.165) is 17.1 Å². The highest BCUT2D eigenvalue weighted by Gasteiger charge is 2.09. The van der Waals surface area contributed by atoms with Crippen molar-refractivity contribution in [3.05, 3.63) is 83.7 Å². The summed E-state index contributed by atoms with van der Waals surface area (Å²) >= 11 is 0. The maximum atomic E-state index is 13.6. The number of aryl methyl sites for hydroxylation is 2. The van der Waals surface area contributed by atoms with E-state index in [2.05, 4.69) is 10.3 Å². The molecule has 0 aliphatic rings. The van der Waals surface area contributed by atoms with Gasteiger partial charge in [-0.1, -0.05) is 36.4 Å². The van der Waals surface area contributed by atoms with Gasteiger partial charge in [-0.15, -0.1) is 0 Å². The number of hydrogen-bond acceptors (Lipinski definition) is 2. The predicted molar refractivity (Wildman–Crippen MR) is 94.9 cm³/mol. The molecule has 0 spiro atoms. The van der Waals surface area contributed by atoms with Crippen molar-refractivity contribution in [3.63, 3.8) is 0 Å². The Bertz CT molecular complexity index is 873. The van der Waals surface area contributed by atoms with E-state index in [4.69, 9.17) is 0 Å². The third-order valence-electron chi connectivity index (χ3n) is 4.13. The maximum absolute atomic E-state index is 13.6. The van der Waals surface area contributed by atoms with Crippen LogP contribution in [0.1, 0.15) is 23.4 Å². The van der Waals surface area contributed by atoms with Crippen molar-refractivity contribution < 1.29 is 9.18 Å². The minimum Gasteiger partial charge on any atom is -0.352 e. The Labute approximate surface area is 146 Å². The van der Waals surface area contributed by atoms with Crippen LogP contribution < -0.4 is 5.32 Å². The summed E-state index contributed by atoms with van der Waals surface area (Å²) in [6.07, 6.45) is 4.29. The largest absolute Gasteiger partial charge is 0.352 e. The van der Waals surface area contributed by atoms with Crippen LogP contribution in [0.15, 0.2) is 60.9 Å². The van der Waals surface area contributed by atoms with Crippen LogP contribution in [0.5, 0.6) is 0 Å². The third-order valence-corrected chi connectivity index (χ3v) is 4.13. The molecular formula is C20H20FN3O. The molecular weight excluding hydrogens is 317 g/mol. The fourth-order valence-corrected chi connectivity index (χ4v) is 2.76. The minimum atomic E-state index is -0.267. The van der Waals surface area contributed by atoms with E-state index in [-0.39, 0.29) is 18.1 Å². The number of rotatable bonds is 6. The second kappa shape index (κ2) is 7.75. The molecule has 1 N–H and O–H groups in total. The molecule has 1 heterocycles. The van der Waals surface area contributed by atoms with Gasteiger partial charge >= 0.3 is 0 Å². The van der Waals surface area contributed by atoms with E-state index in [1.807, 2.05) is 42.0 Å². The molecule has 1 amide bonds. The normalized spacial score (nSPS) is 10.6. The number of amides is 1. The number of halogens is 1. The van der Waals surface area contributed by atoms with Crippen LogP contribution in [0.3, 0.4) is 0 Å². The lowest BCUT2D eigenvalue weighted by molar-refractivity contribution is -0.121. The number of imidazole rings is 1. The van der Waals surface area contributed by atoms with Crippen LogP contribution >= 0.6 is 0 Å². The van der Waals surface area contributed by atoms with E-state index in [0.29, 0.717) is 18.5 Å². The molecule has 0 aliphatic carbocycles. The molecule has 0 saturated heterocycles. The van der Waals surface area contributed by atoms with E-state index in [1.54, 1.807) is 24.4 Å². The van der Waals surface area contributed by atoms with Gasteiger partial charge in [-0.05, 0) is 36.6 Å². The number of nitrogens with zero attached hydrogens (tertiary/aromatic N) is 2. The summed E-state index contributed by atoms with van der Waals surface area (Å²) in [6.45, 7) is 2.35.